The number of allylic oxidation sites excluding steroid dienone is 6. The van der Waals surface area contributed by atoms with Gasteiger partial charge < -0.3 is 19.3 Å². The summed E-state index contributed by atoms with van der Waals surface area (Å²) >= 11 is 0. The topological polar surface area (TPSA) is 59.1 Å². The number of ether oxygens (including phenoxy) is 2. The number of amides is 2. The first-order valence-corrected chi connectivity index (χ1v) is 15.7. The third kappa shape index (κ3) is 11.9. The second-order valence-electron chi connectivity index (χ2n) is 12.0. The van der Waals surface area contributed by atoms with Crippen molar-refractivity contribution in [2.24, 2.45) is 0 Å². The Hall–Kier alpha value is -4.06. The lowest BCUT2D eigenvalue weighted by atomic mass is 10.1. The maximum atomic E-state index is 13.1. The van der Waals surface area contributed by atoms with Crippen molar-refractivity contribution in [3.05, 3.63) is 106 Å². The SMILES string of the molecule is CC(C)=CCC/C(C)=C/COc1ccc(C(=O)N2CCN(C(=O)c3ccc(OC/C=C(\C)CCC=C(C)C)cc3)CC2)cc1. The molecule has 6 nitrogen and oxygen atoms in total. The summed E-state index contributed by atoms with van der Waals surface area (Å²) in [6, 6.07) is 14.6. The molecule has 2 aromatic carbocycles. The van der Waals surface area contributed by atoms with E-state index in [1.165, 1.54) is 22.3 Å². The summed E-state index contributed by atoms with van der Waals surface area (Å²) in [6.07, 6.45) is 12.8. The summed E-state index contributed by atoms with van der Waals surface area (Å²) in [5.41, 5.74) is 6.53. The molecule has 1 saturated heterocycles. The van der Waals surface area contributed by atoms with Crippen molar-refractivity contribution in [2.45, 2.75) is 67.2 Å². The van der Waals surface area contributed by atoms with Crippen molar-refractivity contribution in [1.29, 1.82) is 0 Å². The number of benzene rings is 2. The first-order chi connectivity index (χ1) is 21.1. The van der Waals surface area contributed by atoms with Crippen LogP contribution in [0.3, 0.4) is 0 Å². The van der Waals surface area contributed by atoms with Crippen LogP contribution in [-0.4, -0.2) is 61.0 Å². The predicted molar refractivity (Wildman–Crippen MR) is 181 cm³/mol. The molecule has 44 heavy (non-hydrogen) atoms. The van der Waals surface area contributed by atoms with Gasteiger partial charge in [-0.2, -0.15) is 0 Å². The summed E-state index contributed by atoms with van der Waals surface area (Å²) in [4.78, 5) is 29.8. The number of nitrogens with zero attached hydrogens (tertiary/aromatic N) is 2. The molecular formula is C38H50N2O4. The summed E-state index contributed by atoms with van der Waals surface area (Å²) in [7, 11) is 0. The molecule has 0 aromatic heterocycles. The first-order valence-electron chi connectivity index (χ1n) is 15.7. The number of hydrogen-bond acceptors (Lipinski definition) is 4. The highest BCUT2D eigenvalue weighted by atomic mass is 16.5. The second kappa shape index (κ2) is 17.9. The lowest BCUT2D eigenvalue weighted by molar-refractivity contribution is 0.0535. The van der Waals surface area contributed by atoms with E-state index in [0.29, 0.717) is 50.5 Å². The van der Waals surface area contributed by atoms with Crippen LogP contribution in [0.15, 0.2) is 95.1 Å². The molecule has 1 fully saturated rings. The molecule has 1 aliphatic heterocycles. The quantitative estimate of drug-likeness (QED) is 0.205. The number of rotatable bonds is 14. The van der Waals surface area contributed by atoms with Crippen molar-refractivity contribution < 1.29 is 19.1 Å². The molecule has 0 saturated carbocycles. The molecule has 1 heterocycles. The fourth-order valence-electron chi connectivity index (χ4n) is 4.81. The molecule has 6 heteroatoms. The molecule has 0 unspecified atom stereocenters. The van der Waals surface area contributed by atoms with Crippen molar-refractivity contribution in [1.82, 2.24) is 9.80 Å². The minimum absolute atomic E-state index is 0.0265. The van der Waals surface area contributed by atoms with Gasteiger partial charge in [-0.25, -0.2) is 0 Å². The standard InChI is InChI=1S/C38H50N2O4/c1-29(2)9-7-11-31(5)21-27-43-35-17-13-33(14-18-35)37(41)39-23-25-40(26-24-39)38(42)34-15-19-36(20-16-34)44-28-22-32(6)12-8-10-30(3)4/h9-10,13-22H,7-8,11-12,23-28H2,1-6H3/b31-21+,32-22+. The molecule has 0 bridgehead atoms. The van der Waals surface area contributed by atoms with E-state index in [4.69, 9.17) is 9.47 Å². The third-order valence-corrected chi connectivity index (χ3v) is 7.60. The summed E-state index contributed by atoms with van der Waals surface area (Å²) < 4.78 is 11.7. The Labute approximate surface area is 264 Å². The van der Waals surface area contributed by atoms with Crippen molar-refractivity contribution >= 4 is 11.8 Å². The van der Waals surface area contributed by atoms with Gasteiger partial charge in [0.25, 0.3) is 11.8 Å². The monoisotopic (exact) mass is 598 g/mol. The van der Waals surface area contributed by atoms with Crippen LogP contribution in [0.25, 0.3) is 0 Å². The van der Waals surface area contributed by atoms with E-state index in [0.717, 1.165) is 37.2 Å². The van der Waals surface area contributed by atoms with Crippen LogP contribution in [0, 0.1) is 0 Å². The third-order valence-electron chi connectivity index (χ3n) is 7.60. The van der Waals surface area contributed by atoms with E-state index in [-0.39, 0.29) is 11.8 Å². The lowest BCUT2D eigenvalue weighted by Crippen LogP contribution is -2.50. The maximum absolute atomic E-state index is 13.1. The van der Waals surface area contributed by atoms with E-state index >= 15 is 0 Å². The van der Waals surface area contributed by atoms with Gasteiger partial charge in [0.05, 0.1) is 0 Å². The Bertz CT molecular complexity index is 1230. The van der Waals surface area contributed by atoms with Crippen LogP contribution < -0.4 is 9.47 Å². The minimum Gasteiger partial charge on any atom is -0.490 e. The molecule has 1 aliphatic rings. The number of carbonyl (C=O) groups is 2. The number of carbonyl (C=O) groups excluding carboxylic acids is 2. The summed E-state index contributed by atoms with van der Waals surface area (Å²) in [6.45, 7) is 15.7. The highest BCUT2D eigenvalue weighted by Gasteiger charge is 2.25. The van der Waals surface area contributed by atoms with Gasteiger partial charge in [-0.1, -0.05) is 34.4 Å². The highest BCUT2D eigenvalue weighted by molar-refractivity contribution is 5.96. The molecule has 0 aliphatic carbocycles. The maximum Gasteiger partial charge on any atom is 0.253 e. The Balaban J connectivity index is 1.41. The first kappa shape index (κ1) is 34.4. The Morgan fingerprint density at radius 3 is 1.23 bits per heavy atom. The van der Waals surface area contributed by atoms with Crippen LogP contribution in [0.5, 0.6) is 11.5 Å². The van der Waals surface area contributed by atoms with Gasteiger partial charge in [-0.15, -0.1) is 0 Å². The van der Waals surface area contributed by atoms with E-state index in [2.05, 4.69) is 65.8 Å². The zero-order valence-electron chi connectivity index (χ0n) is 27.5. The predicted octanol–water partition coefficient (Wildman–Crippen LogP) is 8.43. The molecular weight excluding hydrogens is 548 g/mol. The van der Waals surface area contributed by atoms with Gasteiger partial charge in [-0.05, 0) is 128 Å². The molecule has 0 N–H and O–H groups in total. The average Bonchev–Trinajstić information content (AvgIpc) is 3.01. The minimum atomic E-state index is -0.0265. The fourth-order valence-corrected chi connectivity index (χ4v) is 4.81. The fraction of sp³-hybridized carbons (Fsp3) is 0.421. The van der Waals surface area contributed by atoms with Crippen molar-refractivity contribution in [3.8, 4) is 11.5 Å². The van der Waals surface area contributed by atoms with Crippen molar-refractivity contribution in [2.75, 3.05) is 39.4 Å². The lowest BCUT2D eigenvalue weighted by Gasteiger charge is -2.35. The summed E-state index contributed by atoms with van der Waals surface area (Å²) in [5, 5.41) is 0. The van der Waals surface area contributed by atoms with E-state index in [9.17, 15) is 9.59 Å². The Morgan fingerprint density at radius 1 is 0.568 bits per heavy atom. The van der Waals surface area contributed by atoms with Gasteiger partial charge in [0.15, 0.2) is 0 Å². The smallest absolute Gasteiger partial charge is 0.253 e. The number of hydrogen-bond donors (Lipinski definition) is 0. The molecule has 0 radical (unpaired) electrons. The van der Waals surface area contributed by atoms with E-state index < -0.39 is 0 Å². The zero-order valence-corrected chi connectivity index (χ0v) is 27.5. The molecule has 0 spiro atoms. The Morgan fingerprint density at radius 2 is 0.909 bits per heavy atom. The van der Waals surface area contributed by atoms with E-state index in [1.54, 1.807) is 0 Å². The molecule has 236 valence electrons. The number of piperazine rings is 1. The van der Waals surface area contributed by atoms with E-state index in [1.807, 2.05) is 58.3 Å². The molecule has 2 aromatic rings. The molecule has 3 rings (SSSR count). The second-order valence-corrected chi connectivity index (χ2v) is 12.0. The van der Waals surface area contributed by atoms with Crippen LogP contribution in [0.4, 0.5) is 0 Å². The van der Waals surface area contributed by atoms with Gasteiger partial charge in [-0.3, -0.25) is 9.59 Å². The van der Waals surface area contributed by atoms with Gasteiger partial charge >= 0.3 is 0 Å². The largest absolute Gasteiger partial charge is 0.490 e. The molecule has 0 atom stereocenters. The average molecular weight is 599 g/mol. The normalized spacial score (nSPS) is 13.8. The van der Waals surface area contributed by atoms with Crippen molar-refractivity contribution in [3.63, 3.8) is 0 Å². The highest BCUT2D eigenvalue weighted by Crippen LogP contribution is 2.18. The van der Waals surface area contributed by atoms with Gasteiger partial charge in [0.1, 0.15) is 24.7 Å². The van der Waals surface area contributed by atoms with Crippen LogP contribution >= 0.6 is 0 Å². The van der Waals surface area contributed by atoms with Crippen LogP contribution in [-0.2, 0) is 0 Å². The van der Waals surface area contributed by atoms with Gasteiger partial charge in [0.2, 0.25) is 0 Å². The van der Waals surface area contributed by atoms with Gasteiger partial charge in [0, 0.05) is 37.3 Å². The van der Waals surface area contributed by atoms with Crippen LogP contribution in [0.2, 0.25) is 0 Å². The summed E-state index contributed by atoms with van der Waals surface area (Å²) in [5.74, 6) is 1.43. The molecule has 2 amide bonds. The van der Waals surface area contributed by atoms with Crippen LogP contribution in [0.1, 0.15) is 87.9 Å². The Kier molecular flexibility index (Phi) is 14.0. The zero-order chi connectivity index (χ0) is 31.9.